The smallest absolute Gasteiger partial charge is 0.240 e. The van der Waals surface area contributed by atoms with Gasteiger partial charge in [0, 0.05) is 31.4 Å². The maximum atomic E-state index is 12.4. The van der Waals surface area contributed by atoms with Gasteiger partial charge in [-0.3, -0.25) is 14.5 Å². The Hall–Kier alpha value is -3.13. The van der Waals surface area contributed by atoms with Crippen molar-refractivity contribution in [3.8, 4) is 17.1 Å². The van der Waals surface area contributed by atoms with Gasteiger partial charge in [0.25, 0.3) is 0 Å². The molecular formula is C21H25N5O2S. The lowest BCUT2D eigenvalue weighted by Crippen LogP contribution is -2.31. The van der Waals surface area contributed by atoms with Crippen molar-refractivity contribution < 1.29 is 9.53 Å². The Labute approximate surface area is 175 Å². The number of hydrogen-bond acceptors (Lipinski definition) is 5. The van der Waals surface area contributed by atoms with Gasteiger partial charge in [-0.2, -0.15) is 5.10 Å². The molecule has 1 heterocycles. The molecule has 0 fully saturated rings. The van der Waals surface area contributed by atoms with Crippen LogP contribution >= 0.6 is 12.2 Å². The van der Waals surface area contributed by atoms with Crippen molar-refractivity contribution in [2.75, 3.05) is 32.1 Å². The summed E-state index contributed by atoms with van der Waals surface area (Å²) in [6.45, 7) is 1.57. The lowest BCUT2D eigenvalue weighted by Gasteiger charge is -2.19. The monoisotopic (exact) mass is 411 g/mol. The number of nitrogens with zero attached hydrogens (tertiary/aromatic N) is 3. The van der Waals surface area contributed by atoms with Crippen molar-refractivity contribution in [2.45, 2.75) is 13.0 Å². The number of rotatable bonds is 9. The number of anilines is 1. The maximum Gasteiger partial charge on any atom is 0.240 e. The summed E-state index contributed by atoms with van der Waals surface area (Å²) in [5.74, 6) is 1.28. The molecule has 0 unspecified atom stereocenters. The quantitative estimate of drug-likeness (QED) is 0.418. The standard InChI is InChI=1S/C21H25N5O2S/c1-25(17-7-4-3-5-8-17)14-6-13-22-19(27)15-26-20(23-24-21(26)29)16-9-11-18(28-2)12-10-16/h3-5,7-12H,6,13-15H2,1-2H3,(H,22,27)(H,24,29). The molecule has 1 amide bonds. The van der Waals surface area contributed by atoms with Crippen molar-refractivity contribution in [1.29, 1.82) is 0 Å². The number of H-pyrrole nitrogens is 1. The number of benzene rings is 2. The van der Waals surface area contributed by atoms with Crippen LogP contribution in [0.4, 0.5) is 5.69 Å². The topological polar surface area (TPSA) is 75.2 Å². The molecule has 0 spiro atoms. The number of hydrogen-bond donors (Lipinski definition) is 2. The number of aromatic amines is 1. The third kappa shape index (κ3) is 5.45. The molecule has 8 heteroatoms. The molecule has 0 aliphatic heterocycles. The third-order valence-electron chi connectivity index (χ3n) is 4.60. The van der Waals surface area contributed by atoms with Gasteiger partial charge in [-0.05, 0) is 55.0 Å². The molecule has 3 aromatic rings. The molecular weight excluding hydrogens is 386 g/mol. The number of nitrogens with one attached hydrogen (secondary N) is 2. The molecule has 0 bridgehead atoms. The average Bonchev–Trinajstić information content (AvgIpc) is 3.12. The fraction of sp³-hybridized carbons (Fsp3) is 0.286. The predicted octanol–water partition coefficient (Wildman–Crippen LogP) is 3.26. The van der Waals surface area contributed by atoms with Crippen LogP contribution in [-0.2, 0) is 11.3 Å². The first kappa shape index (κ1) is 20.6. The highest BCUT2D eigenvalue weighted by Crippen LogP contribution is 2.20. The second-order valence-electron chi connectivity index (χ2n) is 6.63. The summed E-state index contributed by atoms with van der Waals surface area (Å²) in [5.41, 5.74) is 2.02. The van der Waals surface area contributed by atoms with E-state index in [1.165, 1.54) is 0 Å². The summed E-state index contributed by atoms with van der Waals surface area (Å²) in [5, 5.41) is 9.99. The van der Waals surface area contributed by atoms with Crippen LogP contribution in [0.3, 0.4) is 0 Å². The molecule has 0 atom stereocenters. The van der Waals surface area contributed by atoms with Crippen LogP contribution in [0.5, 0.6) is 5.75 Å². The SMILES string of the molecule is COc1ccc(-c2n[nH]c(=S)n2CC(=O)NCCCN(C)c2ccccc2)cc1. The lowest BCUT2D eigenvalue weighted by atomic mass is 10.2. The molecule has 7 nitrogen and oxygen atoms in total. The molecule has 29 heavy (non-hydrogen) atoms. The van der Waals surface area contributed by atoms with Crippen LogP contribution in [-0.4, -0.2) is 47.9 Å². The Morgan fingerprint density at radius 3 is 2.62 bits per heavy atom. The Morgan fingerprint density at radius 1 is 1.21 bits per heavy atom. The zero-order chi connectivity index (χ0) is 20.6. The van der Waals surface area contributed by atoms with Crippen LogP contribution in [0.15, 0.2) is 54.6 Å². The van der Waals surface area contributed by atoms with E-state index in [2.05, 4.69) is 32.5 Å². The van der Waals surface area contributed by atoms with E-state index < -0.39 is 0 Å². The van der Waals surface area contributed by atoms with Gasteiger partial charge in [0.1, 0.15) is 12.3 Å². The van der Waals surface area contributed by atoms with Gasteiger partial charge < -0.3 is 15.0 Å². The maximum absolute atomic E-state index is 12.4. The fourth-order valence-electron chi connectivity index (χ4n) is 2.98. The molecule has 3 rings (SSSR count). The van der Waals surface area contributed by atoms with E-state index in [1.54, 1.807) is 11.7 Å². The summed E-state index contributed by atoms with van der Waals surface area (Å²) in [6.07, 6.45) is 0.846. The fourth-order valence-corrected chi connectivity index (χ4v) is 3.18. The number of carbonyl (C=O) groups is 1. The summed E-state index contributed by atoms with van der Waals surface area (Å²) < 4.78 is 7.29. The predicted molar refractivity (Wildman–Crippen MR) is 117 cm³/mol. The van der Waals surface area contributed by atoms with Crippen LogP contribution in [0.25, 0.3) is 11.4 Å². The van der Waals surface area contributed by atoms with Crippen molar-refractivity contribution in [3.63, 3.8) is 0 Å². The van der Waals surface area contributed by atoms with Crippen molar-refractivity contribution in [2.24, 2.45) is 0 Å². The highest BCUT2D eigenvalue weighted by atomic mass is 32.1. The summed E-state index contributed by atoms with van der Waals surface area (Å²) in [7, 11) is 3.66. The number of ether oxygens (including phenoxy) is 1. The minimum absolute atomic E-state index is 0.0976. The van der Waals surface area contributed by atoms with Crippen molar-refractivity contribution >= 4 is 23.8 Å². The zero-order valence-electron chi connectivity index (χ0n) is 16.6. The summed E-state index contributed by atoms with van der Waals surface area (Å²) in [6, 6.07) is 17.6. The average molecular weight is 412 g/mol. The number of aromatic nitrogens is 3. The van der Waals surface area contributed by atoms with Gasteiger partial charge in [-0.15, -0.1) is 0 Å². The molecule has 2 aromatic carbocycles. The van der Waals surface area contributed by atoms with Crippen molar-refractivity contribution in [3.05, 3.63) is 59.4 Å². The van der Waals surface area contributed by atoms with Gasteiger partial charge >= 0.3 is 0 Å². The Balaban J connectivity index is 1.53. The number of para-hydroxylation sites is 1. The van der Waals surface area contributed by atoms with Gasteiger partial charge in [0.15, 0.2) is 10.6 Å². The van der Waals surface area contributed by atoms with Crippen LogP contribution < -0.4 is 15.0 Å². The molecule has 0 radical (unpaired) electrons. The Kier molecular flexibility index (Phi) is 7.02. The van der Waals surface area contributed by atoms with E-state index in [1.807, 2.05) is 49.5 Å². The van der Waals surface area contributed by atoms with Gasteiger partial charge in [-0.1, -0.05) is 18.2 Å². The van der Waals surface area contributed by atoms with Gasteiger partial charge in [0.05, 0.1) is 7.11 Å². The zero-order valence-corrected chi connectivity index (χ0v) is 17.4. The Morgan fingerprint density at radius 2 is 1.93 bits per heavy atom. The molecule has 2 N–H and O–H groups in total. The van der Waals surface area contributed by atoms with E-state index in [-0.39, 0.29) is 12.5 Å². The lowest BCUT2D eigenvalue weighted by molar-refractivity contribution is -0.121. The van der Waals surface area contributed by atoms with E-state index in [0.717, 1.165) is 30.0 Å². The largest absolute Gasteiger partial charge is 0.497 e. The molecule has 0 saturated heterocycles. The Bertz CT molecular complexity index is 982. The minimum Gasteiger partial charge on any atom is -0.497 e. The van der Waals surface area contributed by atoms with E-state index in [9.17, 15) is 4.79 Å². The van der Waals surface area contributed by atoms with Crippen LogP contribution in [0, 0.1) is 4.77 Å². The third-order valence-corrected chi connectivity index (χ3v) is 4.91. The van der Waals surface area contributed by atoms with E-state index in [0.29, 0.717) is 17.1 Å². The number of methoxy groups -OCH3 is 1. The summed E-state index contributed by atoms with van der Waals surface area (Å²) in [4.78, 5) is 14.6. The highest BCUT2D eigenvalue weighted by Gasteiger charge is 2.12. The van der Waals surface area contributed by atoms with E-state index >= 15 is 0 Å². The normalized spacial score (nSPS) is 10.6. The first-order valence-corrected chi connectivity index (χ1v) is 9.82. The van der Waals surface area contributed by atoms with Gasteiger partial charge in [0.2, 0.25) is 5.91 Å². The minimum atomic E-state index is -0.0976. The van der Waals surface area contributed by atoms with Gasteiger partial charge in [-0.25, -0.2) is 0 Å². The molecule has 0 saturated carbocycles. The summed E-state index contributed by atoms with van der Waals surface area (Å²) >= 11 is 5.30. The highest BCUT2D eigenvalue weighted by molar-refractivity contribution is 7.71. The first-order valence-electron chi connectivity index (χ1n) is 9.41. The van der Waals surface area contributed by atoms with Crippen molar-refractivity contribution in [1.82, 2.24) is 20.1 Å². The molecule has 1 aromatic heterocycles. The van der Waals surface area contributed by atoms with Crippen LogP contribution in [0.1, 0.15) is 6.42 Å². The molecule has 0 aliphatic carbocycles. The number of carbonyl (C=O) groups excluding carboxylic acids is 1. The number of amides is 1. The molecule has 152 valence electrons. The first-order chi connectivity index (χ1) is 14.1. The molecule has 0 aliphatic rings. The van der Waals surface area contributed by atoms with E-state index in [4.69, 9.17) is 17.0 Å². The second-order valence-corrected chi connectivity index (χ2v) is 7.01. The second kappa shape index (κ2) is 9.88. The van der Waals surface area contributed by atoms with Crippen LogP contribution in [0.2, 0.25) is 0 Å².